The van der Waals surface area contributed by atoms with Crippen LogP contribution in [0.3, 0.4) is 0 Å². The zero-order valence-electron chi connectivity index (χ0n) is 11.5. The van der Waals surface area contributed by atoms with Crippen LogP contribution in [0, 0.1) is 0 Å². The van der Waals surface area contributed by atoms with Gasteiger partial charge in [-0.15, -0.1) is 11.6 Å². The van der Waals surface area contributed by atoms with Gasteiger partial charge in [-0.25, -0.2) is 0 Å². The SMILES string of the molecule is COc1cccc(CNC(=O)CCCl)c1OC(C)C. The Morgan fingerprint density at radius 2 is 2.16 bits per heavy atom. The number of ether oxygens (including phenoxy) is 2. The number of alkyl halides is 1. The van der Waals surface area contributed by atoms with E-state index in [2.05, 4.69) is 5.32 Å². The first-order chi connectivity index (χ1) is 9.08. The van der Waals surface area contributed by atoms with Crippen LogP contribution in [0.4, 0.5) is 0 Å². The number of para-hydroxylation sites is 1. The Hall–Kier alpha value is -1.42. The van der Waals surface area contributed by atoms with E-state index in [4.69, 9.17) is 21.1 Å². The van der Waals surface area contributed by atoms with Gasteiger partial charge in [-0.3, -0.25) is 4.79 Å². The highest BCUT2D eigenvalue weighted by Crippen LogP contribution is 2.31. The molecule has 0 aliphatic carbocycles. The molecule has 0 radical (unpaired) electrons. The number of rotatable bonds is 7. The Balaban J connectivity index is 2.83. The van der Waals surface area contributed by atoms with Gasteiger partial charge in [0.15, 0.2) is 11.5 Å². The van der Waals surface area contributed by atoms with Gasteiger partial charge < -0.3 is 14.8 Å². The normalized spacial score (nSPS) is 10.4. The summed E-state index contributed by atoms with van der Waals surface area (Å²) in [5.41, 5.74) is 0.885. The molecule has 0 aromatic heterocycles. The molecule has 0 saturated heterocycles. The molecule has 0 bridgehead atoms. The van der Waals surface area contributed by atoms with Crippen molar-refractivity contribution in [1.29, 1.82) is 0 Å². The molecule has 0 unspecified atom stereocenters. The summed E-state index contributed by atoms with van der Waals surface area (Å²) in [7, 11) is 1.60. The lowest BCUT2D eigenvalue weighted by atomic mass is 10.1. The second-order valence-electron chi connectivity index (χ2n) is 4.33. The quantitative estimate of drug-likeness (QED) is 0.784. The molecule has 1 aromatic carbocycles. The van der Waals surface area contributed by atoms with Crippen LogP contribution < -0.4 is 14.8 Å². The molecule has 0 aliphatic heterocycles. The fraction of sp³-hybridized carbons (Fsp3) is 0.500. The van der Waals surface area contributed by atoms with Crippen LogP contribution >= 0.6 is 11.6 Å². The molecule has 5 heteroatoms. The Morgan fingerprint density at radius 1 is 1.42 bits per heavy atom. The van der Waals surface area contributed by atoms with Crippen molar-refractivity contribution in [3.63, 3.8) is 0 Å². The van der Waals surface area contributed by atoms with E-state index < -0.39 is 0 Å². The van der Waals surface area contributed by atoms with Crippen molar-refractivity contribution < 1.29 is 14.3 Å². The number of hydrogen-bond donors (Lipinski definition) is 1. The molecule has 0 heterocycles. The van der Waals surface area contributed by atoms with Crippen molar-refractivity contribution in [3.05, 3.63) is 23.8 Å². The average Bonchev–Trinajstić information content (AvgIpc) is 2.37. The molecule has 0 spiro atoms. The molecule has 19 heavy (non-hydrogen) atoms. The van der Waals surface area contributed by atoms with E-state index in [0.717, 1.165) is 5.56 Å². The predicted molar refractivity (Wildman–Crippen MR) is 75.9 cm³/mol. The van der Waals surface area contributed by atoms with Crippen LogP contribution in [-0.4, -0.2) is 25.0 Å². The summed E-state index contributed by atoms with van der Waals surface area (Å²) in [5, 5.41) is 2.81. The van der Waals surface area contributed by atoms with Crippen LogP contribution in [0.2, 0.25) is 0 Å². The minimum atomic E-state index is -0.0756. The summed E-state index contributed by atoms with van der Waals surface area (Å²) in [6.07, 6.45) is 0.347. The highest BCUT2D eigenvalue weighted by molar-refractivity contribution is 6.18. The zero-order valence-corrected chi connectivity index (χ0v) is 12.3. The number of methoxy groups -OCH3 is 1. The maximum atomic E-state index is 11.4. The number of amides is 1. The number of carbonyl (C=O) groups excluding carboxylic acids is 1. The standard InChI is InChI=1S/C14H20ClNO3/c1-10(2)19-14-11(5-4-6-12(14)18-3)9-16-13(17)7-8-15/h4-6,10H,7-9H2,1-3H3,(H,16,17). The van der Waals surface area contributed by atoms with E-state index in [9.17, 15) is 4.79 Å². The lowest BCUT2D eigenvalue weighted by Crippen LogP contribution is -2.23. The Kier molecular flexibility index (Phi) is 6.50. The van der Waals surface area contributed by atoms with Gasteiger partial charge in [-0.2, -0.15) is 0 Å². The molecule has 1 rings (SSSR count). The number of nitrogens with one attached hydrogen (secondary N) is 1. The molecule has 1 N–H and O–H groups in total. The van der Waals surface area contributed by atoms with Gasteiger partial charge in [0.2, 0.25) is 5.91 Å². The van der Waals surface area contributed by atoms with Gasteiger partial charge in [0.05, 0.1) is 13.2 Å². The molecule has 0 saturated carbocycles. The Labute approximate surface area is 119 Å². The van der Waals surface area contributed by atoms with E-state index in [-0.39, 0.29) is 12.0 Å². The van der Waals surface area contributed by atoms with Crippen LogP contribution in [0.5, 0.6) is 11.5 Å². The van der Waals surface area contributed by atoms with Crippen molar-refractivity contribution in [1.82, 2.24) is 5.32 Å². The highest BCUT2D eigenvalue weighted by atomic mass is 35.5. The van der Waals surface area contributed by atoms with E-state index in [1.807, 2.05) is 32.0 Å². The topological polar surface area (TPSA) is 47.6 Å². The van der Waals surface area contributed by atoms with Gasteiger partial charge in [-0.1, -0.05) is 12.1 Å². The maximum Gasteiger partial charge on any atom is 0.221 e. The minimum absolute atomic E-state index is 0.0357. The monoisotopic (exact) mass is 285 g/mol. The summed E-state index contributed by atoms with van der Waals surface area (Å²) in [4.78, 5) is 11.4. The summed E-state index contributed by atoms with van der Waals surface area (Å²) in [6.45, 7) is 4.29. The van der Waals surface area contributed by atoms with Crippen molar-refractivity contribution >= 4 is 17.5 Å². The first-order valence-corrected chi connectivity index (χ1v) is 6.77. The van der Waals surface area contributed by atoms with Gasteiger partial charge in [-0.05, 0) is 19.9 Å². The lowest BCUT2D eigenvalue weighted by Gasteiger charge is -2.17. The number of carbonyl (C=O) groups is 1. The minimum Gasteiger partial charge on any atom is -0.493 e. The molecule has 106 valence electrons. The van der Waals surface area contributed by atoms with Crippen molar-refractivity contribution in [3.8, 4) is 11.5 Å². The Morgan fingerprint density at radius 3 is 2.74 bits per heavy atom. The van der Waals surface area contributed by atoms with Gasteiger partial charge in [0.1, 0.15) is 0 Å². The molecule has 1 amide bonds. The lowest BCUT2D eigenvalue weighted by molar-refractivity contribution is -0.120. The third-order valence-electron chi connectivity index (χ3n) is 2.43. The van der Waals surface area contributed by atoms with E-state index in [1.54, 1.807) is 7.11 Å². The summed E-state index contributed by atoms with van der Waals surface area (Å²) < 4.78 is 11.0. The van der Waals surface area contributed by atoms with Crippen LogP contribution in [-0.2, 0) is 11.3 Å². The van der Waals surface area contributed by atoms with E-state index in [1.165, 1.54) is 0 Å². The fourth-order valence-electron chi connectivity index (χ4n) is 1.60. The summed E-state index contributed by atoms with van der Waals surface area (Å²) in [6, 6.07) is 5.61. The fourth-order valence-corrected chi connectivity index (χ4v) is 1.77. The predicted octanol–water partition coefficient (Wildman–Crippen LogP) is 2.73. The van der Waals surface area contributed by atoms with E-state index >= 15 is 0 Å². The molecule has 0 fully saturated rings. The number of hydrogen-bond acceptors (Lipinski definition) is 3. The third-order valence-corrected chi connectivity index (χ3v) is 2.62. The molecule has 0 atom stereocenters. The third kappa shape index (κ3) is 4.99. The van der Waals surface area contributed by atoms with Gasteiger partial charge in [0, 0.05) is 24.4 Å². The largest absolute Gasteiger partial charge is 0.493 e. The molecule has 4 nitrogen and oxygen atoms in total. The van der Waals surface area contributed by atoms with Crippen molar-refractivity contribution in [2.24, 2.45) is 0 Å². The van der Waals surface area contributed by atoms with Crippen molar-refractivity contribution in [2.75, 3.05) is 13.0 Å². The van der Waals surface area contributed by atoms with Crippen LogP contribution in [0.25, 0.3) is 0 Å². The zero-order chi connectivity index (χ0) is 14.3. The number of halogens is 1. The Bertz CT molecular complexity index is 421. The van der Waals surface area contributed by atoms with Crippen molar-refractivity contribution in [2.45, 2.75) is 32.9 Å². The average molecular weight is 286 g/mol. The van der Waals surface area contributed by atoms with E-state index in [0.29, 0.717) is 30.3 Å². The smallest absolute Gasteiger partial charge is 0.221 e. The molecular formula is C14H20ClNO3. The summed E-state index contributed by atoms with van der Waals surface area (Å²) >= 11 is 5.52. The summed E-state index contributed by atoms with van der Waals surface area (Å²) in [5.74, 6) is 1.58. The van der Waals surface area contributed by atoms with Gasteiger partial charge >= 0.3 is 0 Å². The number of benzene rings is 1. The first-order valence-electron chi connectivity index (χ1n) is 6.23. The highest BCUT2D eigenvalue weighted by Gasteiger charge is 2.12. The van der Waals surface area contributed by atoms with Crippen LogP contribution in [0.15, 0.2) is 18.2 Å². The first kappa shape index (κ1) is 15.6. The second kappa shape index (κ2) is 7.89. The second-order valence-corrected chi connectivity index (χ2v) is 4.71. The maximum absolute atomic E-state index is 11.4. The molecule has 0 aliphatic rings. The van der Waals surface area contributed by atoms with Crippen LogP contribution in [0.1, 0.15) is 25.8 Å². The van der Waals surface area contributed by atoms with Gasteiger partial charge in [0.25, 0.3) is 0 Å². The molecule has 1 aromatic rings. The molecular weight excluding hydrogens is 266 g/mol.